The van der Waals surface area contributed by atoms with Gasteiger partial charge >= 0.3 is 0 Å². The van der Waals surface area contributed by atoms with Gasteiger partial charge in [0.05, 0.1) is 12.5 Å². The Morgan fingerprint density at radius 1 is 1.03 bits per heavy atom. The fourth-order valence-corrected chi connectivity index (χ4v) is 5.07. The summed E-state index contributed by atoms with van der Waals surface area (Å²) in [6, 6.07) is 15.2. The summed E-state index contributed by atoms with van der Waals surface area (Å²) in [5, 5.41) is 14.5. The molecule has 2 heterocycles. The minimum atomic E-state index is -0.0155. The molecule has 0 radical (unpaired) electrons. The standard InChI is InChI=1S/C25H36N4O2/c1-27-9-11-28(12-10-27)17-21-15-24(25(31)26-8-13-30)19-29(18-21)16-20-6-7-22-4-2-3-5-23(22)14-20/h2-7,14,21,24,30H,8-13,15-19H2,1H3,(H,26,31)/t21-,24-/m1/s1. The predicted octanol–water partition coefficient (Wildman–Crippen LogP) is 1.63. The van der Waals surface area contributed by atoms with Crippen molar-refractivity contribution in [2.24, 2.45) is 11.8 Å². The monoisotopic (exact) mass is 424 g/mol. The van der Waals surface area contributed by atoms with Crippen LogP contribution < -0.4 is 5.32 Å². The van der Waals surface area contributed by atoms with Crippen LogP contribution in [0.4, 0.5) is 0 Å². The molecule has 2 aliphatic rings. The third-order valence-corrected chi connectivity index (χ3v) is 6.73. The van der Waals surface area contributed by atoms with Gasteiger partial charge in [-0.3, -0.25) is 9.69 Å². The molecule has 1 amide bonds. The second-order valence-electron chi connectivity index (χ2n) is 9.29. The molecule has 2 fully saturated rings. The first-order valence-electron chi connectivity index (χ1n) is 11.6. The molecule has 0 saturated carbocycles. The Morgan fingerprint density at radius 3 is 2.58 bits per heavy atom. The lowest BCUT2D eigenvalue weighted by atomic mass is 9.87. The van der Waals surface area contributed by atoms with Crippen LogP contribution in [0.25, 0.3) is 10.8 Å². The van der Waals surface area contributed by atoms with Crippen LogP contribution in [0.2, 0.25) is 0 Å². The van der Waals surface area contributed by atoms with Crippen LogP contribution in [0.5, 0.6) is 0 Å². The molecule has 0 bridgehead atoms. The zero-order valence-corrected chi connectivity index (χ0v) is 18.7. The molecular formula is C25H36N4O2. The molecule has 0 aliphatic carbocycles. The number of carbonyl (C=O) groups is 1. The molecule has 4 rings (SSSR count). The molecule has 6 heteroatoms. The number of aliphatic hydroxyl groups excluding tert-OH is 1. The highest BCUT2D eigenvalue weighted by molar-refractivity contribution is 5.83. The lowest BCUT2D eigenvalue weighted by Crippen LogP contribution is -2.51. The third-order valence-electron chi connectivity index (χ3n) is 6.73. The van der Waals surface area contributed by atoms with E-state index in [0.717, 1.165) is 58.8 Å². The number of piperazine rings is 1. The number of fused-ring (bicyclic) bond motifs is 1. The summed E-state index contributed by atoms with van der Waals surface area (Å²) in [6.45, 7) is 8.53. The largest absolute Gasteiger partial charge is 0.395 e. The number of hydrogen-bond acceptors (Lipinski definition) is 5. The van der Waals surface area contributed by atoms with Crippen molar-refractivity contribution in [3.63, 3.8) is 0 Å². The van der Waals surface area contributed by atoms with E-state index in [1.54, 1.807) is 0 Å². The van der Waals surface area contributed by atoms with Crippen molar-refractivity contribution in [2.75, 3.05) is 66.0 Å². The fourth-order valence-electron chi connectivity index (χ4n) is 5.07. The zero-order chi connectivity index (χ0) is 21.6. The second kappa shape index (κ2) is 10.6. The van der Waals surface area contributed by atoms with Crippen LogP contribution >= 0.6 is 0 Å². The molecule has 0 unspecified atom stereocenters. The number of aliphatic hydroxyl groups is 1. The Kier molecular flexibility index (Phi) is 7.56. The van der Waals surface area contributed by atoms with Crippen LogP contribution in [0.1, 0.15) is 12.0 Å². The molecule has 2 atom stereocenters. The fraction of sp³-hybridized carbons (Fsp3) is 0.560. The number of nitrogens with one attached hydrogen (secondary N) is 1. The topological polar surface area (TPSA) is 59.1 Å². The van der Waals surface area contributed by atoms with Crippen LogP contribution in [-0.2, 0) is 11.3 Å². The van der Waals surface area contributed by atoms with Crippen molar-refractivity contribution in [3.05, 3.63) is 48.0 Å². The van der Waals surface area contributed by atoms with Gasteiger partial charge in [-0.15, -0.1) is 0 Å². The summed E-state index contributed by atoms with van der Waals surface area (Å²) in [5.41, 5.74) is 1.30. The Balaban J connectivity index is 1.44. The van der Waals surface area contributed by atoms with Crippen LogP contribution in [-0.4, -0.2) is 91.7 Å². The number of hydrogen-bond donors (Lipinski definition) is 2. The van der Waals surface area contributed by atoms with Crippen LogP contribution in [0, 0.1) is 11.8 Å². The van der Waals surface area contributed by atoms with E-state index >= 15 is 0 Å². The van der Waals surface area contributed by atoms with Gasteiger partial charge in [-0.25, -0.2) is 0 Å². The van der Waals surface area contributed by atoms with Gasteiger partial charge in [0.1, 0.15) is 0 Å². The number of piperidine rings is 1. The van der Waals surface area contributed by atoms with Crippen molar-refractivity contribution in [1.82, 2.24) is 20.0 Å². The summed E-state index contributed by atoms with van der Waals surface area (Å²) in [5.74, 6) is 0.557. The highest BCUT2D eigenvalue weighted by Gasteiger charge is 2.32. The average Bonchev–Trinajstić information content (AvgIpc) is 2.79. The SMILES string of the molecule is CN1CCN(C[C@H]2C[C@@H](C(=O)NCCO)CN(Cc3ccc4ccccc4c3)C2)CC1. The van der Waals surface area contributed by atoms with Gasteiger partial charge in [0.2, 0.25) is 5.91 Å². The van der Waals surface area contributed by atoms with Gasteiger partial charge in [0, 0.05) is 58.9 Å². The van der Waals surface area contributed by atoms with Crippen molar-refractivity contribution in [2.45, 2.75) is 13.0 Å². The smallest absolute Gasteiger partial charge is 0.224 e. The quantitative estimate of drug-likeness (QED) is 0.708. The predicted molar refractivity (Wildman–Crippen MR) is 125 cm³/mol. The Labute approximate surface area is 185 Å². The molecule has 0 aromatic heterocycles. The van der Waals surface area contributed by atoms with Gasteiger partial charge < -0.3 is 20.2 Å². The number of likely N-dealkylation sites (tertiary alicyclic amines) is 1. The minimum absolute atomic E-state index is 0.00993. The summed E-state index contributed by atoms with van der Waals surface area (Å²) < 4.78 is 0. The maximum absolute atomic E-state index is 12.7. The molecule has 2 saturated heterocycles. The van der Waals surface area contributed by atoms with E-state index in [1.165, 1.54) is 16.3 Å². The maximum Gasteiger partial charge on any atom is 0.224 e. The highest BCUT2D eigenvalue weighted by Crippen LogP contribution is 2.26. The van der Waals surface area contributed by atoms with Crippen molar-refractivity contribution in [1.29, 1.82) is 0 Å². The van der Waals surface area contributed by atoms with Crippen LogP contribution in [0.3, 0.4) is 0 Å². The molecule has 2 aliphatic heterocycles. The lowest BCUT2D eigenvalue weighted by Gasteiger charge is -2.41. The minimum Gasteiger partial charge on any atom is -0.395 e. The molecule has 31 heavy (non-hydrogen) atoms. The molecule has 0 spiro atoms. The molecule has 2 aromatic carbocycles. The Bertz CT molecular complexity index is 865. The van der Waals surface area contributed by atoms with Gasteiger partial charge in [0.15, 0.2) is 0 Å². The third kappa shape index (κ3) is 6.04. The van der Waals surface area contributed by atoms with Gasteiger partial charge in [-0.05, 0) is 41.8 Å². The zero-order valence-electron chi connectivity index (χ0n) is 18.7. The van der Waals surface area contributed by atoms with E-state index in [-0.39, 0.29) is 18.4 Å². The summed E-state index contributed by atoms with van der Waals surface area (Å²) in [7, 11) is 2.19. The molecule has 168 valence electrons. The summed E-state index contributed by atoms with van der Waals surface area (Å²) >= 11 is 0. The van der Waals surface area contributed by atoms with E-state index in [4.69, 9.17) is 5.11 Å². The van der Waals surface area contributed by atoms with Crippen molar-refractivity contribution >= 4 is 16.7 Å². The first kappa shape index (κ1) is 22.2. The van der Waals surface area contributed by atoms with E-state index in [2.05, 4.69) is 69.5 Å². The number of amides is 1. The molecule has 2 N–H and O–H groups in total. The van der Waals surface area contributed by atoms with Gasteiger partial charge in [-0.1, -0.05) is 36.4 Å². The first-order chi connectivity index (χ1) is 15.1. The molecule has 2 aromatic rings. The van der Waals surface area contributed by atoms with Crippen molar-refractivity contribution in [3.8, 4) is 0 Å². The highest BCUT2D eigenvalue weighted by atomic mass is 16.3. The number of nitrogens with zero attached hydrogens (tertiary/aromatic N) is 3. The molecular weight excluding hydrogens is 388 g/mol. The number of rotatable bonds is 7. The van der Waals surface area contributed by atoms with E-state index in [1.807, 2.05) is 0 Å². The van der Waals surface area contributed by atoms with E-state index in [0.29, 0.717) is 12.5 Å². The summed E-state index contributed by atoms with van der Waals surface area (Å²) in [4.78, 5) is 20.1. The average molecular weight is 425 g/mol. The maximum atomic E-state index is 12.7. The lowest BCUT2D eigenvalue weighted by molar-refractivity contribution is -0.128. The van der Waals surface area contributed by atoms with E-state index < -0.39 is 0 Å². The van der Waals surface area contributed by atoms with Gasteiger partial charge in [-0.2, -0.15) is 0 Å². The van der Waals surface area contributed by atoms with Crippen LogP contribution in [0.15, 0.2) is 42.5 Å². The van der Waals surface area contributed by atoms with Crippen molar-refractivity contribution < 1.29 is 9.90 Å². The Morgan fingerprint density at radius 2 is 1.81 bits per heavy atom. The second-order valence-corrected chi connectivity index (χ2v) is 9.29. The van der Waals surface area contributed by atoms with E-state index in [9.17, 15) is 4.79 Å². The van der Waals surface area contributed by atoms with Gasteiger partial charge in [0.25, 0.3) is 0 Å². The Hall–Kier alpha value is -1.99. The first-order valence-corrected chi connectivity index (χ1v) is 11.6. The normalized spacial score (nSPS) is 23.8. The number of carbonyl (C=O) groups excluding carboxylic acids is 1. The summed E-state index contributed by atoms with van der Waals surface area (Å²) in [6.07, 6.45) is 0.928. The number of benzene rings is 2. The molecule has 6 nitrogen and oxygen atoms in total. The number of likely N-dealkylation sites (N-methyl/N-ethyl adjacent to an activating group) is 1.